The number of nitrogens with zero attached hydrogens (tertiary/aromatic N) is 6. The van der Waals surface area contributed by atoms with E-state index in [9.17, 15) is 49.1 Å². The Balaban J connectivity index is 0.000000416. The van der Waals surface area contributed by atoms with Crippen LogP contribution in [0.15, 0.2) is 134 Å². The summed E-state index contributed by atoms with van der Waals surface area (Å²) >= 11 is 4.69. The second-order valence-electron chi connectivity index (χ2n) is 21.5. The molecule has 0 unspecified atom stereocenters. The molecular formula is C72H78ClN8NaO21. The van der Waals surface area contributed by atoms with Crippen molar-refractivity contribution < 1.29 is 126 Å². The van der Waals surface area contributed by atoms with Crippen LogP contribution in [0.3, 0.4) is 0 Å². The summed E-state index contributed by atoms with van der Waals surface area (Å²) in [5.74, 6) is -3.48. The number of benzene rings is 7. The van der Waals surface area contributed by atoms with Crippen molar-refractivity contribution in [3.05, 3.63) is 210 Å². The number of hydrogen-bond donors (Lipinski definition) is 7. The van der Waals surface area contributed by atoms with Crippen molar-refractivity contribution in [3.63, 3.8) is 0 Å². The van der Waals surface area contributed by atoms with Gasteiger partial charge in [0.05, 0.1) is 42.1 Å². The van der Waals surface area contributed by atoms with Gasteiger partial charge in [0.15, 0.2) is 22.5 Å². The van der Waals surface area contributed by atoms with Gasteiger partial charge in [0.2, 0.25) is 5.82 Å². The molecule has 11 aromatic rings. The molecule has 4 aromatic heterocycles. The fraction of sp³-hybridized carbons (Fsp3) is 0.236. The van der Waals surface area contributed by atoms with Crippen LogP contribution in [0.5, 0.6) is 11.5 Å². The van der Waals surface area contributed by atoms with Crippen molar-refractivity contribution in [2.45, 2.75) is 90.0 Å². The first-order valence-electron chi connectivity index (χ1n) is 30.4. The summed E-state index contributed by atoms with van der Waals surface area (Å²) in [7, 11) is 1.35. The average molecular weight is 1450 g/mol. The van der Waals surface area contributed by atoms with Crippen LogP contribution in [-0.4, -0.2) is 123 Å². The minimum Gasteiger partial charge on any atom is -0.870 e. The number of esters is 3. The predicted molar refractivity (Wildman–Crippen MR) is 378 cm³/mol. The molecular weight excluding hydrogens is 1370 g/mol. The molecule has 0 bridgehead atoms. The number of fused-ring (bicyclic) bond motifs is 3. The molecule has 0 atom stereocenters. The van der Waals surface area contributed by atoms with E-state index in [1.54, 1.807) is 83.1 Å². The molecule has 0 saturated carbocycles. The van der Waals surface area contributed by atoms with Gasteiger partial charge in [-0.2, -0.15) is 4.98 Å². The minimum atomic E-state index is -1.14. The molecule has 7 aromatic carbocycles. The number of ether oxygens (including phenoxy) is 3. The number of carboxylic acid groups (broad SMARTS) is 2. The van der Waals surface area contributed by atoms with Crippen LogP contribution in [0.4, 0.5) is 11.4 Å². The Labute approximate surface area is 617 Å². The van der Waals surface area contributed by atoms with Crippen LogP contribution in [0, 0.1) is 79.4 Å². The normalized spacial score (nSPS) is 9.90. The predicted octanol–water partition coefficient (Wildman–Crippen LogP) is 10.7. The minimum absolute atomic E-state index is 0. The number of carbonyl (C=O) groups is 6. The number of aromatic nitrogens is 5. The number of aliphatic hydroxyl groups is 1. The molecule has 103 heavy (non-hydrogen) atoms. The van der Waals surface area contributed by atoms with E-state index in [4.69, 9.17) is 60.9 Å². The summed E-state index contributed by atoms with van der Waals surface area (Å²) in [5.41, 5.74) is 26.4. The molecule has 29 nitrogen and oxygen atoms in total. The van der Waals surface area contributed by atoms with Crippen molar-refractivity contribution in [3.8, 4) is 34.7 Å². The monoisotopic (exact) mass is 1450 g/mol. The third-order valence-electron chi connectivity index (χ3n) is 13.9. The fourth-order valence-corrected chi connectivity index (χ4v) is 8.44. The second kappa shape index (κ2) is 41.4. The zero-order valence-electron chi connectivity index (χ0n) is 59.2. The summed E-state index contributed by atoms with van der Waals surface area (Å²) in [4.78, 5) is 90.6. The zero-order valence-corrected chi connectivity index (χ0v) is 62.0. The molecule has 0 aliphatic heterocycles. The van der Waals surface area contributed by atoms with Gasteiger partial charge in [-0.25, -0.2) is 38.9 Å². The number of carboxylic acids is 2. The fourth-order valence-electron chi connectivity index (χ4n) is 8.39. The quantitative estimate of drug-likeness (QED) is 0.00728. The number of phenolic OH excluding ortho intramolecular Hbond substituents is 2. The summed E-state index contributed by atoms with van der Waals surface area (Å²) in [6, 6.07) is 31.6. The Bertz CT molecular complexity index is 4630. The number of nitro groups is 1. The topological polar surface area (TPSA) is 473 Å². The number of phenols is 2. The number of carbonyl (C=O) groups excluding carboxylic acids is 4. The number of nitro benzene ring substituents is 1. The van der Waals surface area contributed by atoms with E-state index in [2.05, 4.69) is 41.1 Å². The number of nitrogen functional groups attached to an aromatic ring is 1. The SMILES string of the molecule is C=C(N)c1ccc(C(=O)OC)cc1.CCO.CCOC(=O)C(=O)Cl.CCOC(=O)c1nc2c(C)ccc(C)c2o1.Cc1ccc(C)c(O)c1N.Cc1ccc(C)c([N+](=O)[O-])c1O.Cc1ccc(C)c2oc(-c3nc(-c4ccc(C(=O)O)cc4)no3)nc12.Cc1ccc(C)c2oc(C(=O)O)nc12.[Na+].[OH-]. The van der Waals surface area contributed by atoms with Gasteiger partial charge in [-0.15, -0.1) is 0 Å². The Morgan fingerprint density at radius 3 is 1.35 bits per heavy atom. The van der Waals surface area contributed by atoms with Crippen LogP contribution in [0.25, 0.3) is 62.2 Å². The van der Waals surface area contributed by atoms with Crippen LogP contribution in [-0.2, 0) is 23.8 Å². The van der Waals surface area contributed by atoms with Gasteiger partial charge in [-0.3, -0.25) is 14.9 Å². The first-order valence-corrected chi connectivity index (χ1v) is 30.8. The van der Waals surface area contributed by atoms with E-state index in [0.717, 1.165) is 61.1 Å². The van der Waals surface area contributed by atoms with E-state index < -0.39 is 34.0 Å². The molecule has 11 rings (SSSR count). The molecule has 0 saturated heterocycles. The molecule has 31 heteroatoms. The number of aromatic carboxylic acids is 2. The standard InChI is InChI=1S/C18H13N3O4.C12H13NO3.C10H9NO3.C10H11NO2.C8H9NO3.C8H11NO.C4H5ClO3.C2H6O.Na.H2O/c1-9-3-4-10(2)14-13(9)19-16(24-14)17-20-15(21-25-17)11-5-7-12(8-6-11)18(22)23;1-4-15-12(14)11-13-9-7(2)5-6-8(3)10(9)16-11;1-5-3-4-6(2)8-7(5)11-9(14-8)10(12)13;1-7(11)8-3-5-9(6-4-8)10(12)13-2;1-5-3-4-6(2)8(10)7(5)9(11)12;1-5-3-4-6(2)8(10)7(5)9;1-2-8-4(7)3(5)6;1-2-3;;/h3-8H,1-2H3,(H,22,23);5-6H,4H2,1-3H3;3-4H,1-2H3,(H,12,13);3-6H,1,11H2,2H3;3-4,10H,1-2H3;3-4,10H,9H2,1-2H3;2H2,1H3;3H,2H2,1H3;;1H2/q;;;;;;;;+1;/p-1. The molecule has 0 spiro atoms. The van der Waals surface area contributed by atoms with Crippen LogP contribution < -0.4 is 41.0 Å². The van der Waals surface area contributed by atoms with Crippen molar-refractivity contribution in [1.29, 1.82) is 0 Å². The first-order chi connectivity index (χ1) is 47.7. The number of aromatic hydroxyl groups is 2. The van der Waals surface area contributed by atoms with Crippen LogP contribution in [0.2, 0.25) is 0 Å². The number of aryl methyl sites for hydroxylation is 10. The number of oxazole rings is 3. The number of rotatable bonds is 11. The number of hydrogen-bond acceptors (Lipinski definition) is 26. The second-order valence-corrected chi connectivity index (χ2v) is 21.9. The van der Waals surface area contributed by atoms with Crippen LogP contribution >= 0.6 is 11.6 Å². The van der Waals surface area contributed by atoms with Crippen molar-refractivity contribution in [2.75, 3.05) is 32.7 Å². The van der Waals surface area contributed by atoms with Gasteiger partial charge in [0.1, 0.15) is 22.3 Å². The molecule has 540 valence electrons. The number of nitrogens with two attached hydrogens (primary N) is 2. The molecule has 4 heterocycles. The Morgan fingerprint density at radius 1 is 0.544 bits per heavy atom. The van der Waals surface area contributed by atoms with E-state index >= 15 is 0 Å². The Kier molecular flexibility index (Phi) is 35.3. The maximum atomic E-state index is 11.5. The third-order valence-corrected chi connectivity index (χ3v) is 14.1. The van der Waals surface area contributed by atoms with Crippen molar-refractivity contribution >= 4 is 97.1 Å². The number of anilines is 1. The van der Waals surface area contributed by atoms with Crippen molar-refractivity contribution in [2.24, 2.45) is 5.73 Å². The molecule has 0 aliphatic rings. The number of aliphatic hydroxyl groups excluding tert-OH is 1. The number of halogens is 1. The summed E-state index contributed by atoms with van der Waals surface area (Å²) < 4.78 is 35.1. The maximum absolute atomic E-state index is 11.5. The zero-order chi connectivity index (χ0) is 75.7. The summed E-state index contributed by atoms with van der Waals surface area (Å²) in [6.45, 7) is 27.7. The molecule has 10 N–H and O–H groups in total. The Morgan fingerprint density at radius 2 is 0.951 bits per heavy atom. The summed E-state index contributed by atoms with van der Waals surface area (Å²) in [6.07, 6.45) is 0. The van der Waals surface area contributed by atoms with E-state index in [1.165, 1.54) is 19.2 Å². The molecule has 0 radical (unpaired) electrons. The van der Waals surface area contributed by atoms with Gasteiger partial charge in [-0.1, -0.05) is 96.7 Å². The smallest absolute Gasteiger partial charge is 0.870 e. The third kappa shape index (κ3) is 24.5. The van der Waals surface area contributed by atoms with Crippen molar-refractivity contribution in [1.82, 2.24) is 25.1 Å². The molecule has 0 aliphatic carbocycles. The van der Waals surface area contributed by atoms with E-state index in [-0.39, 0.29) is 101 Å². The van der Waals surface area contributed by atoms with E-state index in [1.807, 2.05) is 104 Å². The van der Waals surface area contributed by atoms with Gasteiger partial charge in [0.25, 0.3) is 5.89 Å². The van der Waals surface area contributed by atoms with Gasteiger partial charge >= 0.3 is 88.0 Å². The molecule has 0 amide bonds. The maximum Gasteiger partial charge on any atom is 1.00 e. The van der Waals surface area contributed by atoms with Crippen LogP contribution in [0.1, 0.15) is 124 Å². The average Bonchev–Trinajstić information content (AvgIpc) is 1.66. The largest absolute Gasteiger partial charge is 1.00 e. The van der Waals surface area contributed by atoms with Gasteiger partial charge in [0, 0.05) is 23.4 Å². The Hall–Kier alpha value is -11.3. The van der Waals surface area contributed by atoms with Gasteiger partial charge in [-0.05, 0) is 182 Å². The van der Waals surface area contributed by atoms with Gasteiger partial charge < -0.3 is 74.5 Å². The molecule has 0 fully saturated rings. The first kappa shape index (κ1) is 87.7. The van der Waals surface area contributed by atoms with E-state index in [0.29, 0.717) is 68.3 Å². The number of methoxy groups -OCH3 is 1. The summed E-state index contributed by atoms with van der Waals surface area (Å²) in [5, 5.41) is 57.1.